The molecule has 2 aliphatic heterocycles. The summed E-state index contributed by atoms with van der Waals surface area (Å²) in [7, 11) is 0. The number of pyridine rings is 1. The molecule has 3 fully saturated rings. The Labute approximate surface area is 198 Å². The van der Waals surface area contributed by atoms with Gasteiger partial charge in [-0.3, -0.25) is 9.69 Å². The highest BCUT2D eigenvalue weighted by molar-refractivity contribution is 5.96. The Morgan fingerprint density at radius 1 is 1.03 bits per heavy atom. The Morgan fingerprint density at radius 3 is 2.44 bits per heavy atom. The van der Waals surface area contributed by atoms with Crippen LogP contribution in [-0.4, -0.2) is 76.2 Å². The highest BCUT2D eigenvalue weighted by Gasteiger charge is 2.37. The van der Waals surface area contributed by atoms with E-state index in [-0.39, 0.29) is 18.0 Å². The number of aryl methyl sites for hydroxylation is 1. The van der Waals surface area contributed by atoms with Crippen LogP contribution in [0.15, 0.2) is 36.5 Å². The summed E-state index contributed by atoms with van der Waals surface area (Å²) >= 11 is 0. The van der Waals surface area contributed by atoms with Crippen molar-refractivity contribution < 1.29 is 19.5 Å². The number of carboxylic acid groups (broad SMARTS) is 1. The third-order valence-electron chi connectivity index (χ3n) is 6.96. The Hall–Kier alpha value is -3.62. The highest BCUT2D eigenvalue weighted by atomic mass is 16.4. The molecule has 34 heavy (non-hydrogen) atoms. The van der Waals surface area contributed by atoms with Gasteiger partial charge in [0, 0.05) is 55.6 Å². The summed E-state index contributed by atoms with van der Waals surface area (Å²) in [6.07, 6.45) is 4.25. The standard InChI is InChI=1S/C25H29N5O4/c1-16-2-3-17(23(31)27-19-5-6-19)14-21(16)18-4-7-22(26-15-18)30-13-12-29(24(30)32)20-8-10-28(11-9-20)25(33)34/h2-4,7,14-15,19-20H,5-6,8-13H2,1H3,(H,27,31)(H,33,34). The van der Waals surface area contributed by atoms with Crippen molar-refractivity contribution in [3.05, 3.63) is 47.7 Å². The van der Waals surface area contributed by atoms with Crippen molar-refractivity contribution >= 4 is 23.8 Å². The zero-order chi connectivity index (χ0) is 23.8. The van der Waals surface area contributed by atoms with E-state index in [1.165, 1.54) is 4.90 Å². The van der Waals surface area contributed by atoms with Gasteiger partial charge < -0.3 is 20.2 Å². The van der Waals surface area contributed by atoms with E-state index in [4.69, 9.17) is 5.11 Å². The molecule has 1 saturated carbocycles. The van der Waals surface area contributed by atoms with E-state index in [0.717, 1.165) is 29.5 Å². The van der Waals surface area contributed by atoms with Crippen LogP contribution in [0.5, 0.6) is 0 Å². The minimum absolute atomic E-state index is 0.0507. The van der Waals surface area contributed by atoms with E-state index in [9.17, 15) is 14.4 Å². The number of hydrogen-bond donors (Lipinski definition) is 2. The first-order chi connectivity index (χ1) is 16.4. The number of aromatic nitrogens is 1. The summed E-state index contributed by atoms with van der Waals surface area (Å²) in [6.45, 7) is 4.07. The second-order valence-corrected chi connectivity index (χ2v) is 9.31. The first-order valence-corrected chi connectivity index (χ1v) is 11.8. The van der Waals surface area contributed by atoms with E-state index >= 15 is 0 Å². The maximum absolute atomic E-state index is 13.1. The van der Waals surface area contributed by atoms with Crippen molar-refractivity contribution in [2.45, 2.75) is 44.7 Å². The van der Waals surface area contributed by atoms with E-state index in [1.54, 1.807) is 11.1 Å². The third kappa shape index (κ3) is 4.42. The number of carbonyl (C=O) groups is 3. The van der Waals surface area contributed by atoms with Crippen LogP contribution in [-0.2, 0) is 0 Å². The molecular weight excluding hydrogens is 434 g/mol. The second kappa shape index (κ2) is 8.96. The molecule has 0 radical (unpaired) electrons. The summed E-state index contributed by atoms with van der Waals surface area (Å²) in [5.41, 5.74) is 3.53. The maximum Gasteiger partial charge on any atom is 0.407 e. The number of anilines is 1. The van der Waals surface area contributed by atoms with Crippen molar-refractivity contribution in [2.24, 2.45) is 0 Å². The second-order valence-electron chi connectivity index (χ2n) is 9.31. The number of likely N-dealkylation sites (tertiary alicyclic amines) is 1. The molecule has 178 valence electrons. The van der Waals surface area contributed by atoms with Gasteiger partial charge in [-0.25, -0.2) is 14.6 Å². The number of benzene rings is 1. The fraction of sp³-hybridized carbons (Fsp3) is 0.440. The van der Waals surface area contributed by atoms with Crippen LogP contribution in [0.4, 0.5) is 15.4 Å². The lowest BCUT2D eigenvalue weighted by atomic mass is 9.99. The monoisotopic (exact) mass is 463 g/mol. The first kappa shape index (κ1) is 22.2. The molecule has 9 heteroatoms. The van der Waals surface area contributed by atoms with E-state index in [0.29, 0.717) is 56.4 Å². The lowest BCUT2D eigenvalue weighted by Gasteiger charge is -2.35. The summed E-state index contributed by atoms with van der Waals surface area (Å²) < 4.78 is 0. The van der Waals surface area contributed by atoms with Gasteiger partial charge in [0.05, 0.1) is 0 Å². The van der Waals surface area contributed by atoms with Crippen LogP contribution in [0, 0.1) is 6.92 Å². The zero-order valence-corrected chi connectivity index (χ0v) is 19.2. The van der Waals surface area contributed by atoms with Crippen LogP contribution in [0.1, 0.15) is 41.6 Å². The van der Waals surface area contributed by atoms with E-state index < -0.39 is 6.09 Å². The first-order valence-electron chi connectivity index (χ1n) is 11.8. The molecule has 3 aliphatic rings. The van der Waals surface area contributed by atoms with Gasteiger partial charge in [-0.15, -0.1) is 0 Å². The summed E-state index contributed by atoms with van der Waals surface area (Å²) in [4.78, 5) is 46.2. The lowest BCUT2D eigenvalue weighted by molar-refractivity contribution is 0.0950. The average molecular weight is 464 g/mol. The summed E-state index contributed by atoms with van der Waals surface area (Å²) in [5.74, 6) is 0.546. The van der Waals surface area contributed by atoms with Gasteiger partial charge in [0.1, 0.15) is 5.82 Å². The number of amides is 4. The Bertz CT molecular complexity index is 1110. The van der Waals surface area contributed by atoms with Crippen molar-refractivity contribution in [1.29, 1.82) is 0 Å². The number of hydrogen-bond acceptors (Lipinski definition) is 4. The normalized spacial score (nSPS) is 19.0. The topological polar surface area (TPSA) is 106 Å². The smallest absolute Gasteiger partial charge is 0.407 e. The van der Waals surface area contributed by atoms with Gasteiger partial charge in [0.25, 0.3) is 5.91 Å². The molecule has 1 aliphatic carbocycles. The zero-order valence-electron chi connectivity index (χ0n) is 19.2. The van der Waals surface area contributed by atoms with Gasteiger partial charge >= 0.3 is 12.1 Å². The number of rotatable bonds is 5. The van der Waals surface area contributed by atoms with Crippen LogP contribution < -0.4 is 10.2 Å². The van der Waals surface area contributed by atoms with Crippen molar-refractivity contribution in [1.82, 2.24) is 20.1 Å². The van der Waals surface area contributed by atoms with Gasteiger partial charge in [0.15, 0.2) is 0 Å². The van der Waals surface area contributed by atoms with Crippen LogP contribution in [0.2, 0.25) is 0 Å². The molecule has 2 aromatic rings. The van der Waals surface area contributed by atoms with Crippen LogP contribution in [0.25, 0.3) is 11.1 Å². The fourth-order valence-electron chi connectivity index (χ4n) is 4.75. The molecule has 1 aromatic heterocycles. The molecule has 2 saturated heterocycles. The van der Waals surface area contributed by atoms with Gasteiger partial charge in [-0.1, -0.05) is 6.07 Å². The average Bonchev–Trinajstić information content (AvgIpc) is 3.58. The lowest BCUT2D eigenvalue weighted by Crippen LogP contribution is -2.47. The number of urea groups is 1. The quantitative estimate of drug-likeness (QED) is 0.708. The fourth-order valence-corrected chi connectivity index (χ4v) is 4.75. The molecule has 9 nitrogen and oxygen atoms in total. The molecule has 1 aromatic carbocycles. The molecule has 2 N–H and O–H groups in total. The number of piperidine rings is 1. The third-order valence-corrected chi connectivity index (χ3v) is 6.96. The maximum atomic E-state index is 13.1. The van der Waals surface area contributed by atoms with Crippen molar-refractivity contribution in [2.75, 3.05) is 31.1 Å². The molecule has 0 spiro atoms. The molecule has 0 bridgehead atoms. The number of carbonyl (C=O) groups excluding carboxylic acids is 2. The SMILES string of the molecule is Cc1ccc(C(=O)NC2CC2)cc1-c1ccc(N2CCN(C3CCN(C(=O)O)CC3)C2=O)nc1. The largest absolute Gasteiger partial charge is 0.465 e. The van der Waals surface area contributed by atoms with Crippen molar-refractivity contribution in [3.63, 3.8) is 0 Å². The van der Waals surface area contributed by atoms with Gasteiger partial charge in [-0.2, -0.15) is 0 Å². The van der Waals surface area contributed by atoms with Gasteiger partial charge in [0.2, 0.25) is 0 Å². The van der Waals surface area contributed by atoms with E-state index in [1.807, 2.05) is 42.2 Å². The Balaban J connectivity index is 1.27. The summed E-state index contributed by atoms with van der Waals surface area (Å²) in [6, 6.07) is 9.76. The number of nitrogens with one attached hydrogen (secondary N) is 1. The minimum Gasteiger partial charge on any atom is -0.465 e. The van der Waals surface area contributed by atoms with Gasteiger partial charge in [-0.05, 0) is 68.0 Å². The Kier molecular flexibility index (Phi) is 5.85. The molecular formula is C25H29N5O4. The van der Waals surface area contributed by atoms with Crippen LogP contribution >= 0.6 is 0 Å². The number of nitrogens with zero attached hydrogens (tertiary/aromatic N) is 4. The highest BCUT2D eigenvalue weighted by Crippen LogP contribution is 2.29. The minimum atomic E-state index is -0.901. The molecule has 5 rings (SSSR count). The van der Waals surface area contributed by atoms with Crippen molar-refractivity contribution in [3.8, 4) is 11.1 Å². The van der Waals surface area contributed by atoms with E-state index in [2.05, 4.69) is 10.3 Å². The molecule has 3 heterocycles. The summed E-state index contributed by atoms with van der Waals surface area (Å²) in [5, 5.41) is 12.2. The predicted octanol–water partition coefficient (Wildman–Crippen LogP) is 3.33. The molecule has 0 atom stereocenters. The Morgan fingerprint density at radius 2 is 1.79 bits per heavy atom. The van der Waals surface area contributed by atoms with Crippen LogP contribution in [0.3, 0.4) is 0 Å². The molecule has 0 unspecified atom stereocenters. The molecule has 4 amide bonds. The predicted molar refractivity (Wildman–Crippen MR) is 127 cm³/mol.